The van der Waals surface area contributed by atoms with Crippen molar-refractivity contribution in [1.29, 1.82) is 0 Å². The number of hydrogen-bond acceptors (Lipinski definition) is 3. The molecule has 4 nitrogen and oxygen atoms in total. The molecule has 1 aromatic carbocycles. The fourth-order valence-electron chi connectivity index (χ4n) is 1.93. The quantitative estimate of drug-likeness (QED) is 0.873. The Labute approximate surface area is 119 Å². The van der Waals surface area contributed by atoms with Crippen LogP contribution in [0.3, 0.4) is 0 Å². The number of aliphatic hydroxyl groups excluding tert-OH is 1. The van der Waals surface area contributed by atoms with Crippen molar-refractivity contribution in [2.75, 3.05) is 13.6 Å². The molecule has 1 saturated carbocycles. The van der Waals surface area contributed by atoms with Gasteiger partial charge in [-0.3, -0.25) is 0 Å². The van der Waals surface area contributed by atoms with Gasteiger partial charge in [-0.05, 0) is 30.4 Å². The van der Waals surface area contributed by atoms with Crippen molar-refractivity contribution < 1.29 is 13.5 Å². The maximum absolute atomic E-state index is 12.2. The molecule has 0 heterocycles. The highest BCUT2D eigenvalue weighted by atomic mass is 35.5. The lowest BCUT2D eigenvalue weighted by Gasteiger charge is -2.20. The first kappa shape index (κ1) is 14.8. The first-order chi connectivity index (χ1) is 8.90. The smallest absolute Gasteiger partial charge is 0.218 e. The summed E-state index contributed by atoms with van der Waals surface area (Å²) in [6.45, 7) is 0.150. The maximum atomic E-state index is 12.2. The standard InChI is InChI=1S/C13H18ClNO3S/c1-15(8-13(16)10-6-7-10)19(17,18)9-11-4-2-3-5-12(11)14/h2-5,10,13,16H,6-9H2,1H3. The second kappa shape index (κ2) is 5.79. The molecule has 1 aliphatic carbocycles. The van der Waals surface area contributed by atoms with Gasteiger partial charge in [0.05, 0.1) is 11.9 Å². The number of sulfonamides is 1. The SMILES string of the molecule is CN(CC(O)C1CC1)S(=O)(=O)Cc1ccccc1Cl. The van der Waals surface area contributed by atoms with Gasteiger partial charge in [0.1, 0.15) is 0 Å². The van der Waals surface area contributed by atoms with Crippen LogP contribution < -0.4 is 0 Å². The number of hydrogen-bond donors (Lipinski definition) is 1. The van der Waals surface area contributed by atoms with Crippen LogP contribution >= 0.6 is 11.6 Å². The Hall–Kier alpha value is -0.620. The zero-order valence-electron chi connectivity index (χ0n) is 10.8. The summed E-state index contributed by atoms with van der Waals surface area (Å²) in [4.78, 5) is 0. The van der Waals surface area contributed by atoms with Crippen LogP contribution in [0.25, 0.3) is 0 Å². The molecule has 0 spiro atoms. The third kappa shape index (κ3) is 3.92. The normalized spacial score (nSPS) is 17.7. The first-order valence-corrected chi connectivity index (χ1v) is 8.24. The van der Waals surface area contributed by atoms with Gasteiger partial charge in [-0.2, -0.15) is 0 Å². The van der Waals surface area contributed by atoms with Gasteiger partial charge in [0, 0.05) is 18.6 Å². The van der Waals surface area contributed by atoms with E-state index >= 15 is 0 Å². The number of halogens is 1. The molecule has 6 heteroatoms. The highest BCUT2D eigenvalue weighted by Gasteiger charge is 2.32. The van der Waals surface area contributed by atoms with Gasteiger partial charge in [0.2, 0.25) is 10.0 Å². The molecule has 106 valence electrons. The van der Waals surface area contributed by atoms with E-state index in [1.165, 1.54) is 11.4 Å². The summed E-state index contributed by atoms with van der Waals surface area (Å²) in [6.07, 6.45) is 1.41. The summed E-state index contributed by atoms with van der Waals surface area (Å²) in [5.74, 6) is 0.124. The van der Waals surface area contributed by atoms with Gasteiger partial charge in [0.15, 0.2) is 0 Å². The van der Waals surface area contributed by atoms with Gasteiger partial charge in [-0.15, -0.1) is 0 Å². The van der Waals surface area contributed by atoms with E-state index in [4.69, 9.17) is 11.6 Å². The minimum absolute atomic E-state index is 0.138. The van der Waals surface area contributed by atoms with E-state index in [0.29, 0.717) is 10.6 Å². The number of benzene rings is 1. The molecule has 0 radical (unpaired) electrons. The van der Waals surface area contributed by atoms with Gasteiger partial charge < -0.3 is 5.11 Å². The summed E-state index contributed by atoms with van der Waals surface area (Å²) in [6, 6.07) is 6.89. The van der Waals surface area contributed by atoms with E-state index in [9.17, 15) is 13.5 Å². The van der Waals surface area contributed by atoms with Gasteiger partial charge in [-0.25, -0.2) is 12.7 Å². The Balaban J connectivity index is 2.03. The highest BCUT2D eigenvalue weighted by molar-refractivity contribution is 7.88. The summed E-state index contributed by atoms with van der Waals surface area (Å²) in [7, 11) is -1.95. The lowest BCUT2D eigenvalue weighted by Crippen LogP contribution is -2.36. The number of aliphatic hydroxyl groups is 1. The topological polar surface area (TPSA) is 57.6 Å². The lowest BCUT2D eigenvalue weighted by molar-refractivity contribution is 0.131. The average Bonchev–Trinajstić information content (AvgIpc) is 3.15. The first-order valence-electron chi connectivity index (χ1n) is 6.25. The zero-order chi connectivity index (χ0) is 14.0. The van der Waals surface area contributed by atoms with Crippen LogP contribution in [0.4, 0.5) is 0 Å². The van der Waals surface area contributed by atoms with E-state index in [0.717, 1.165) is 12.8 Å². The molecular formula is C13H18ClNO3S. The second-order valence-corrected chi connectivity index (χ2v) is 7.52. The molecule has 2 rings (SSSR count). The van der Waals surface area contributed by atoms with E-state index in [1.807, 2.05) is 0 Å². The van der Waals surface area contributed by atoms with Crippen LogP contribution in [0, 0.1) is 5.92 Å². The molecule has 1 fully saturated rings. The Morgan fingerprint density at radius 2 is 2.05 bits per heavy atom. The number of likely N-dealkylation sites (N-methyl/N-ethyl adjacent to an activating group) is 1. The Morgan fingerprint density at radius 1 is 1.42 bits per heavy atom. The Morgan fingerprint density at radius 3 is 2.63 bits per heavy atom. The van der Waals surface area contributed by atoms with Crippen molar-refractivity contribution in [3.63, 3.8) is 0 Å². The predicted octanol–water partition coefficient (Wildman–Crippen LogP) is 1.87. The Bertz CT molecular complexity index is 543. The van der Waals surface area contributed by atoms with Crippen molar-refractivity contribution in [3.05, 3.63) is 34.9 Å². The zero-order valence-corrected chi connectivity index (χ0v) is 12.4. The molecule has 0 aliphatic heterocycles. The van der Waals surface area contributed by atoms with E-state index < -0.39 is 16.1 Å². The van der Waals surface area contributed by atoms with Crippen molar-refractivity contribution in [2.24, 2.45) is 5.92 Å². The molecule has 1 N–H and O–H groups in total. The third-order valence-corrected chi connectivity index (χ3v) is 5.52. The minimum atomic E-state index is -3.45. The van der Waals surface area contributed by atoms with Gasteiger partial charge in [-0.1, -0.05) is 29.8 Å². The molecule has 0 bridgehead atoms. The largest absolute Gasteiger partial charge is 0.391 e. The minimum Gasteiger partial charge on any atom is -0.391 e. The summed E-state index contributed by atoms with van der Waals surface area (Å²) in [5, 5.41) is 10.3. The van der Waals surface area contributed by atoms with Gasteiger partial charge >= 0.3 is 0 Å². The fourth-order valence-corrected chi connectivity index (χ4v) is 3.46. The molecule has 0 saturated heterocycles. The van der Waals surface area contributed by atoms with Crippen molar-refractivity contribution in [1.82, 2.24) is 4.31 Å². The van der Waals surface area contributed by atoms with Crippen LogP contribution in [0.15, 0.2) is 24.3 Å². The van der Waals surface area contributed by atoms with Crippen LogP contribution in [-0.2, 0) is 15.8 Å². The summed E-state index contributed by atoms with van der Waals surface area (Å²) < 4.78 is 25.6. The molecule has 1 atom stereocenters. The van der Waals surface area contributed by atoms with Gasteiger partial charge in [0.25, 0.3) is 0 Å². The van der Waals surface area contributed by atoms with Crippen LogP contribution in [0.2, 0.25) is 5.02 Å². The maximum Gasteiger partial charge on any atom is 0.218 e. The fraction of sp³-hybridized carbons (Fsp3) is 0.538. The molecule has 0 aromatic heterocycles. The average molecular weight is 304 g/mol. The van der Waals surface area contributed by atoms with E-state index in [2.05, 4.69) is 0 Å². The van der Waals surface area contributed by atoms with Crippen molar-refractivity contribution in [2.45, 2.75) is 24.7 Å². The molecular weight excluding hydrogens is 286 g/mol. The van der Waals surface area contributed by atoms with Crippen molar-refractivity contribution in [3.8, 4) is 0 Å². The highest BCUT2D eigenvalue weighted by Crippen LogP contribution is 2.33. The number of rotatable bonds is 6. The Kier molecular flexibility index (Phi) is 4.50. The molecule has 0 amide bonds. The van der Waals surface area contributed by atoms with E-state index in [1.54, 1.807) is 24.3 Å². The summed E-state index contributed by atoms with van der Waals surface area (Å²) in [5.41, 5.74) is 0.580. The van der Waals surface area contributed by atoms with Crippen LogP contribution in [-0.4, -0.2) is 37.5 Å². The van der Waals surface area contributed by atoms with E-state index in [-0.39, 0.29) is 18.2 Å². The molecule has 19 heavy (non-hydrogen) atoms. The van der Waals surface area contributed by atoms with Crippen LogP contribution in [0.1, 0.15) is 18.4 Å². The number of nitrogens with zero attached hydrogens (tertiary/aromatic N) is 1. The molecule has 1 unspecified atom stereocenters. The monoisotopic (exact) mass is 303 g/mol. The third-order valence-electron chi connectivity index (χ3n) is 3.38. The van der Waals surface area contributed by atoms with Crippen LogP contribution in [0.5, 0.6) is 0 Å². The lowest BCUT2D eigenvalue weighted by atomic mass is 10.2. The molecule has 1 aromatic rings. The molecule has 1 aliphatic rings. The predicted molar refractivity (Wildman–Crippen MR) is 75.4 cm³/mol. The second-order valence-electron chi connectivity index (χ2n) is 5.03. The summed E-state index contributed by atoms with van der Waals surface area (Å²) >= 11 is 5.97. The van der Waals surface area contributed by atoms with Crippen molar-refractivity contribution >= 4 is 21.6 Å².